The van der Waals surface area contributed by atoms with E-state index in [1.807, 2.05) is 12.1 Å². The number of hydrogen-bond donors (Lipinski definition) is 2. The summed E-state index contributed by atoms with van der Waals surface area (Å²) in [5.74, 6) is 1.44. The molecule has 0 bridgehead atoms. The summed E-state index contributed by atoms with van der Waals surface area (Å²) < 4.78 is 5.39. The number of hydrogen-bond acceptors (Lipinski definition) is 4. The summed E-state index contributed by atoms with van der Waals surface area (Å²) in [5.41, 5.74) is 5.16. The fourth-order valence-corrected chi connectivity index (χ4v) is 3.46. The number of carbonyl (C=O) groups excluding carboxylic acids is 1. The molecule has 0 aliphatic carbocycles. The van der Waals surface area contributed by atoms with Crippen LogP contribution in [-0.4, -0.2) is 30.6 Å². The third kappa shape index (κ3) is 5.10. The second kappa shape index (κ2) is 9.20. The lowest BCUT2D eigenvalue weighted by Gasteiger charge is -2.22. The number of nitrogens with one attached hydrogen (secondary N) is 2. The molecule has 0 radical (unpaired) electrons. The third-order valence-corrected chi connectivity index (χ3v) is 5.47. The number of nitrogens with zero attached hydrogens (tertiary/aromatic N) is 1. The average Bonchev–Trinajstić information content (AvgIpc) is 2.69. The van der Waals surface area contributed by atoms with Crippen LogP contribution in [0.1, 0.15) is 59.7 Å². The van der Waals surface area contributed by atoms with Gasteiger partial charge in [0, 0.05) is 31.6 Å². The van der Waals surface area contributed by atoms with Gasteiger partial charge in [0.05, 0.1) is 5.56 Å². The van der Waals surface area contributed by atoms with E-state index in [1.165, 1.54) is 11.1 Å². The van der Waals surface area contributed by atoms with E-state index >= 15 is 0 Å². The first-order valence-corrected chi connectivity index (χ1v) is 10.1. The molecule has 1 aliphatic rings. The van der Waals surface area contributed by atoms with Gasteiger partial charge in [-0.3, -0.25) is 4.79 Å². The van der Waals surface area contributed by atoms with Gasteiger partial charge in [-0.2, -0.15) is 0 Å². The van der Waals surface area contributed by atoms with Crippen molar-refractivity contribution < 1.29 is 9.53 Å². The molecule has 0 spiro atoms. The zero-order chi connectivity index (χ0) is 20.1. The molecule has 2 heterocycles. The maximum atomic E-state index is 12.8. The minimum absolute atomic E-state index is 0.0413. The molecule has 0 saturated carbocycles. The predicted molar refractivity (Wildman–Crippen MR) is 113 cm³/mol. The van der Waals surface area contributed by atoms with Crippen LogP contribution in [0.25, 0.3) is 0 Å². The number of aromatic nitrogens is 1. The van der Waals surface area contributed by atoms with Crippen molar-refractivity contribution in [1.29, 1.82) is 0 Å². The van der Waals surface area contributed by atoms with Crippen molar-refractivity contribution in [2.24, 2.45) is 5.92 Å². The summed E-state index contributed by atoms with van der Waals surface area (Å²) in [6.45, 7) is 10.7. The van der Waals surface area contributed by atoms with Crippen molar-refractivity contribution >= 4 is 17.4 Å². The highest BCUT2D eigenvalue weighted by Crippen LogP contribution is 2.25. The molecule has 1 amide bonds. The van der Waals surface area contributed by atoms with Crippen LogP contribution in [-0.2, 0) is 4.74 Å². The number of pyridine rings is 1. The Kier molecular flexibility index (Phi) is 6.68. The highest BCUT2D eigenvalue weighted by molar-refractivity contribution is 5.95. The molecule has 1 aliphatic heterocycles. The Hall–Kier alpha value is -2.40. The Labute approximate surface area is 167 Å². The normalized spacial score (nSPS) is 14.9. The highest BCUT2D eigenvalue weighted by atomic mass is 16.5. The van der Waals surface area contributed by atoms with Gasteiger partial charge in [0.2, 0.25) is 0 Å². The largest absolute Gasteiger partial charge is 0.381 e. The lowest BCUT2D eigenvalue weighted by Crippen LogP contribution is -2.32. The van der Waals surface area contributed by atoms with E-state index in [1.54, 1.807) is 6.20 Å². The molecule has 1 aromatic carbocycles. The lowest BCUT2D eigenvalue weighted by atomic mass is 9.97. The van der Waals surface area contributed by atoms with Gasteiger partial charge in [0.15, 0.2) is 0 Å². The zero-order valence-electron chi connectivity index (χ0n) is 17.3. The Bertz CT molecular complexity index is 827. The molecule has 3 rings (SSSR count). The predicted octanol–water partition coefficient (Wildman–Crippen LogP) is 4.72. The van der Waals surface area contributed by atoms with E-state index in [4.69, 9.17) is 4.74 Å². The van der Waals surface area contributed by atoms with Crippen molar-refractivity contribution in [3.05, 3.63) is 52.7 Å². The van der Waals surface area contributed by atoms with E-state index in [0.29, 0.717) is 18.0 Å². The maximum Gasteiger partial charge on any atom is 0.253 e. The van der Waals surface area contributed by atoms with Gasteiger partial charge in [-0.1, -0.05) is 19.9 Å². The van der Waals surface area contributed by atoms with Gasteiger partial charge >= 0.3 is 0 Å². The molecule has 5 heteroatoms. The highest BCUT2D eigenvalue weighted by Gasteiger charge is 2.19. The van der Waals surface area contributed by atoms with Crippen LogP contribution in [0.2, 0.25) is 0 Å². The van der Waals surface area contributed by atoms with E-state index in [9.17, 15) is 4.79 Å². The fraction of sp³-hybridized carbons (Fsp3) is 0.478. The van der Waals surface area contributed by atoms with Gasteiger partial charge in [0.25, 0.3) is 5.91 Å². The molecule has 2 N–H and O–H groups in total. The number of carbonyl (C=O) groups is 1. The van der Waals surface area contributed by atoms with Crippen LogP contribution in [0.3, 0.4) is 0 Å². The van der Waals surface area contributed by atoms with Crippen LogP contribution < -0.4 is 10.6 Å². The molecule has 1 aromatic heterocycles. The second-order valence-corrected chi connectivity index (χ2v) is 8.00. The van der Waals surface area contributed by atoms with E-state index in [0.717, 1.165) is 43.1 Å². The van der Waals surface area contributed by atoms with Gasteiger partial charge in [0.1, 0.15) is 5.82 Å². The van der Waals surface area contributed by atoms with Crippen LogP contribution in [0.15, 0.2) is 30.5 Å². The second-order valence-electron chi connectivity index (χ2n) is 8.00. The first-order chi connectivity index (χ1) is 13.4. The van der Waals surface area contributed by atoms with Crippen LogP contribution in [0, 0.1) is 19.8 Å². The molecule has 1 fully saturated rings. The average molecular weight is 382 g/mol. The van der Waals surface area contributed by atoms with Crippen molar-refractivity contribution in [1.82, 2.24) is 10.3 Å². The standard InChI is InChI=1S/C23H31N3O2/c1-15(2)20-12-22(26-19-6-5-16(3)17(4)11-19)24-14-21(20)23(27)25-13-18-7-9-28-10-8-18/h5-6,11-12,14-15,18H,7-10,13H2,1-4H3,(H,24,26)(H,25,27). The molecule has 1 saturated heterocycles. The smallest absolute Gasteiger partial charge is 0.253 e. The summed E-state index contributed by atoms with van der Waals surface area (Å²) in [6, 6.07) is 8.25. The minimum Gasteiger partial charge on any atom is -0.381 e. The van der Waals surface area contributed by atoms with E-state index < -0.39 is 0 Å². The molecular formula is C23H31N3O2. The summed E-state index contributed by atoms with van der Waals surface area (Å²) in [7, 11) is 0. The SMILES string of the molecule is Cc1ccc(Nc2cc(C(C)C)c(C(=O)NCC3CCOCC3)cn2)cc1C. The number of anilines is 2. The number of aryl methyl sites for hydroxylation is 2. The maximum absolute atomic E-state index is 12.8. The van der Waals surface area contributed by atoms with Crippen molar-refractivity contribution in [2.45, 2.75) is 46.5 Å². The van der Waals surface area contributed by atoms with Gasteiger partial charge in [-0.05, 0) is 73.4 Å². The topological polar surface area (TPSA) is 63.2 Å². The number of benzene rings is 1. The monoisotopic (exact) mass is 381 g/mol. The number of ether oxygens (including phenoxy) is 1. The molecule has 0 atom stereocenters. The lowest BCUT2D eigenvalue weighted by molar-refractivity contribution is 0.0642. The Morgan fingerprint density at radius 3 is 2.61 bits per heavy atom. The molecule has 0 unspecified atom stereocenters. The Morgan fingerprint density at radius 2 is 1.93 bits per heavy atom. The van der Waals surface area contributed by atoms with Crippen molar-refractivity contribution in [3.63, 3.8) is 0 Å². The van der Waals surface area contributed by atoms with Crippen molar-refractivity contribution in [3.8, 4) is 0 Å². The zero-order valence-corrected chi connectivity index (χ0v) is 17.3. The number of rotatable bonds is 6. The first kappa shape index (κ1) is 20.3. The molecular weight excluding hydrogens is 350 g/mol. The Morgan fingerprint density at radius 1 is 1.18 bits per heavy atom. The summed E-state index contributed by atoms with van der Waals surface area (Å²) in [6.07, 6.45) is 3.71. The van der Waals surface area contributed by atoms with E-state index in [-0.39, 0.29) is 11.8 Å². The fourth-order valence-electron chi connectivity index (χ4n) is 3.46. The Balaban J connectivity index is 1.72. The molecule has 150 valence electrons. The summed E-state index contributed by atoms with van der Waals surface area (Å²) >= 11 is 0. The first-order valence-electron chi connectivity index (χ1n) is 10.1. The van der Waals surface area contributed by atoms with Gasteiger partial charge in [-0.15, -0.1) is 0 Å². The number of amides is 1. The molecule has 2 aromatic rings. The molecule has 5 nitrogen and oxygen atoms in total. The van der Waals surface area contributed by atoms with Gasteiger partial charge in [-0.25, -0.2) is 4.98 Å². The van der Waals surface area contributed by atoms with Crippen LogP contribution in [0.4, 0.5) is 11.5 Å². The van der Waals surface area contributed by atoms with E-state index in [2.05, 4.69) is 55.4 Å². The molecule has 28 heavy (non-hydrogen) atoms. The van der Waals surface area contributed by atoms with Crippen LogP contribution in [0.5, 0.6) is 0 Å². The van der Waals surface area contributed by atoms with Crippen molar-refractivity contribution in [2.75, 3.05) is 25.1 Å². The third-order valence-electron chi connectivity index (χ3n) is 5.47. The minimum atomic E-state index is -0.0413. The summed E-state index contributed by atoms with van der Waals surface area (Å²) in [4.78, 5) is 17.3. The quantitative estimate of drug-likeness (QED) is 0.760. The summed E-state index contributed by atoms with van der Waals surface area (Å²) in [5, 5.41) is 6.45. The van der Waals surface area contributed by atoms with Gasteiger partial charge < -0.3 is 15.4 Å². The van der Waals surface area contributed by atoms with Crippen LogP contribution >= 0.6 is 0 Å².